The molecule has 3 heterocycles. The number of fused-ring (bicyclic) bond motifs is 1. The van der Waals surface area contributed by atoms with Gasteiger partial charge in [-0.1, -0.05) is 12.1 Å². The number of hydrogen-bond donors (Lipinski definition) is 1. The normalized spacial score (nSPS) is 13.2. The van der Waals surface area contributed by atoms with Crippen LogP contribution in [-0.2, 0) is 6.18 Å². The Bertz CT molecular complexity index is 1090. The van der Waals surface area contributed by atoms with Crippen molar-refractivity contribution in [2.24, 2.45) is 0 Å². The molecule has 0 aliphatic carbocycles. The quantitative estimate of drug-likeness (QED) is 0.590. The molecule has 4 rings (SSSR count). The summed E-state index contributed by atoms with van der Waals surface area (Å²) in [5.74, 6) is 1.21. The van der Waals surface area contributed by atoms with Gasteiger partial charge >= 0.3 is 6.18 Å². The number of nitrogens with zero attached hydrogens (tertiary/aromatic N) is 5. The molecular formula is C18H15F3N6. The van der Waals surface area contributed by atoms with Gasteiger partial charge in [0.15, 0.2) is 11.5 Å². The molecular weight excluding hydrogens is 357 g/mol. The molecule has 1 aromatic carbocycles. The van der Waals surface area contributed by atoms with Crippen LogP contribution in [0.4, 0.5) is 13.2 Å². The summed E-state index contributed by atoms with van der Waals surface area (Å²) >= 11 is 0. The van der Waals surface area contributed by atoms with Crippen LogP contribution in [0.25, 0.3) is 16.8 Å². The number of hydrogen-bond acceptors (Lipinski definition) is 4. The summed E-state index contributed by atoms with van der Waals surface area (Å²) in [4.78, 5) is 8.72. The highest BCUT2D eigenvalue weighted by molar-refractivity contribution is 5.77. The fraction of sp³-hybridized carbons (Fsp3) is 0.222. The summed E-state index contributed by atoms with van der Waals surface area (Å²) in [5, 5.41) is 11.4. The third-order valence-corrected chi connectivity index (χ3v) is 4.40. The SMILES string of the molecule is Cc1nc(C(C)c2ccnc3c(-c4ccc(C(F)(F)F)cc4)cnn23)n[nH]1. The van der Waals surface area contributed by atoms with E-state index in [-0.39, 0.29) is 5.92 Å². The number of halogens is 3. The average Bonchev–Trinajstić information content (AvgIpc) is 3.26. The van der Waals surface area contributed by atoms with Gasteiger partial charge in [0.25, 0.3) is 0 Å². The van der Waals surface area contributed by atoms with Crippen LogP contribution in [0.2, 0.25) is 0 Å². The van der Waals surface area contributed by atoms with Crippen LogP contribution in [0.5, 0.6) is 0 Å². The molecule has 0 amide bonds. The summed E-state index contributed by atoms with van der Waals surface area (Å²) in [6.07, 6.45) is -1.12. The minimum Gasteiger partial charge on any atom is -0.263 e. The lowest BCUT2D eigenvalue weighted by Gasteiger charge is -2.10. The molecule has 0 saturated carbocycles. The third kappa shape index (κ3) is 3.05. The van der Waals surface area contributed by atoms with Gasteiger partial charge in [-0.25, -0.2) is 14.5 Å². The molecule has 1 unspecified atom stereocenters. The van der Waals surface area contributed by atoms with Crippen molar-refractivity contribution < 1.29 is 13.2 Å². The minimum absolute atomic E-state index is 0.138. The van der Waals surface area contributed by atoms with Crippen molar-refractivity contribution in [3.8, 4) is 11.1 Å². The van der Waals surface area contributed by atoms with E-state index in [1.165, 1.54) is 12.1 Å². The molecule has 3 aromatic heterocycles. The van der Waals surface area contributed by atoms with E-state index >= 15 is 0 Å². The highest BCUT2D eigenvalue weighted by atomic mass is 19.4. The third-order valence-electron chi connectivity index (χ3n) is 4.40. The molecule has 0 bridgehead atoms. The fourth-order valence-corrected chi connectivity index (χ4v) is 2.97. The first-order valence-electron chi connectivity index (χ1n) is 8.24. The molecule has 0 aliphatic heterocycles. The second-order valence-corrected chi connectivity index (χ2v) is 6.24. The van der Waals surface area contributed by atoms with Crippen molar-refractivity contribution in [3.05, 3.63) is 65.6 Å². The molecule has 1 atom stereocenters. The molecule has 9 heteroatoms. The molecule has 0 saturated heterocycles. The van der Waals surface area contributed by atoms with E-state index in [1.54, 1.807) is 16.9 Å². The van der Waals surface area contributed by atoms with Crippen LogP contribution in [0.3, 0.4) is 0 Å². The van der Waals surface area contributed by atoms with Gasteiger partial charge in [0.2, 0.25) is 0 Å². The molecule has 0 aliphatic rings. The largest absolute Gasteiger partial charge is 0.416 e. The van der Waals surface area contributed by atoms with E-state index in [0.717, 1.165) is 17.8 Å². The molecule has 4 aromatic rings. The van der Waals surface area contributed by atoms with Gasteiger partial charge in [-0.05, 0) is 37.6 Å². The zero-order chi connectivity index (χ0) is 19.2. The smallest absolute Gasteiger partial charge is 0.263 e. The maximum absolute atomic E-state index is 12.8. The number of rotatable bonds is 3. The van der Waals surface area contributed by atoms with Gasteiger partial charge in [-0.3, -0.25) is 5.10 Å². The van der Waals surface area contributed by atoms with Crippen LogP contribution >= 0.6 is 0 Å². The number of nitrogens with one attached hydrogen (secondary N) is 1. The number of aromatic amines is 1. The van der Waals surface area contributed by atoms with Crippen LogP contribution in [0, 0.1) is 6.92 Å². The fourth-order valence-electron chi connectivity index (χ4n) is 2.97. The first kappa shape index (κ1) is 17.2. The van der Waals surface area contributed by atoms with Gasteiger partial charge in [0, 0.05) is 11.8 Å². The lowest BCUT2D eigenvalue weighted by Crippen LogP contribution is -2.07. The predicted molar refractivity (Wildman–Crippen MR) is 92.1 cm³/mol. The highest BCUT2D eigenvalue weighted by Gasteiger charge is 2.30. The Morgan fingerprint density at radius 1 is 1.11 bits per heavy atom. The molecule has 6 nitrogen and oxygen atoms in total. The second-order valence-electron chi connectivity index (χ2n) is 6.24. The lowest BCUT2D eigenvalue weighted by molar-refractivity contribution is -0.137. The maximum atomic E-state index is 12.8. The first-order chi connectivity index (χ1) is 12.8. The number of H-pyrrole nitrogens is 1. The van der Waals surface area contributed by atoms with Crippen LogP contribution in [0.15, 0.2) is 42.7 Å². The topological polar surface area (TPSA) is 71.8 Å². The zero-order valence-electron chi connectivity index (χ0n) is 14.5. The molecule has 1 N–H and O–H groups in total. The highest BCUT2D eigenvalue weighted by Crippen LogP contribution is 2.32. The standard InChI is InChI=1S/C18H15F3N6/c1-10(16-24-11(2)25-26-16)15-7-8-22-17-14(9-23-27(15)17)12-3-5-13(6-4-12)18(19,20)21/h3-10H,1-2H3,(H,24,25,26). The van der Waals surface area contributed by atoms with Gasteiger partial charge in [0.1, 0.15) is 5.82 Å². The Hall–Kier alpha value is -3.23. The number of aromatic nitrogens is 6. The molecule has 138 valence electrons. The summed E-state index contributed by atoms with van der Waals surface area (Å²) in [6.45, 7) is 3.78. The van der Waals surface area contributed by atoms with E-state index in [0.29, 0.717) is 28.4 Å². The van der Waals surface area contributed by atoms with Crippen molar-refractivity contribution in [1.82, 2.24) is 29.8 Å². The Kier molecular flexibility index (Phi) is 3.94. The van der Waals surface area contributed by atoms with E-state index < -0.39 is 11.7 Å². The van der Waals surface area contributed by atoms with E-state index in [1.807, 2.05) is 19.9 Å². The molecule has 27 heavy (non-hydrogen) atoms. The van der Waals surface area contributed by atoms with Gasteiger partial charge in [-0.15, -0.1) is 0 Å². The Morgan fingerprint density at radius 2 is 1.85 bits per heavy atom. The summed E-state index contributed by atoms with van der Waals surface area (Å²) in [5.41, 5.74) is 1.97. The summed E-state index contributed by atoms with van der Waals surface area (Å²) in [7, 11) is 0. The van der Waals surface area contributed by atoms with Gasteiger partial charge < -0.3 is 0 Å². The molecule has 0 radical (unpaired) electrons. The lowest BCUT2D eigenvalue weighted by atomic mass is 10.1. The van der Waals surface area contributed by atoms with E-state index in [9.17, 15) is 13.2 Å². The minimum atomic E-state index is -4.37. The van der Waals surface area contributed by atoms with Gasteiger partial charge in [0.05, 0.1) is 23.4 Å². The van der Waals surface area contributed by atoms with Crippen molar-refractivity contribution in [2.75, 3.05) is 0 Å². The van der Waals surface area contributed by atoms with Crippen LogP contribution in [0.1, 0.15) is 35.7 Å². The van der Waals surface area contributed by atoms with Crippen molar-refractivity contribution >= 4 is 5.65 Å². The number of alkyl halides is 3. The van der Waals surface area contributed by atoms with Gasteiger partial charge in [-0.2, -0.15) is 23.4 Å². The summed E-state index contributed by atoms with van der Waals surface area (Å²) in [6, 6.07) is 6.79. The number of benzene rings is 1. The Morgan fingerprint density at radius 3 is 2.48 bits per heavy atom. The predicted octanol–water partition coefficient (Wildman–Crippen LogP) is 3.99. The maximum Gasteiger partial charge on any atom is 0.416 e. The summed E-state index contributed by atoms with van der Waals surface area (Å²) < 4.78 is 40.0. The van der Waals surface area contributed by atoms with Crippen LogP contribution < -0.4 is 0 Å². The van der Waals surface area contributed by atoms with E-state index in [4.69, 9.17) is 0 Å². The number of aryl methyl sites for hydroxylation is 1. The second kappa shape index (κ2) is 6.19. The monoisotopic (exact) mass is 372 g/mol. The average molecular weight is 372 g/mol. The first-order valence-corrected chi connectivity index (χ1v) is 8.24. The van der Waals surface area contributed by atoms with Crippen molar-refractivity contribution in [1.29, 1.82) is 0 Å². The molecule has 0 fully saturated rings. The van der Waals surface area contributed by atoms with Crippen molar-refractivity contribution in [2.45, 2.75) is 25.9 Å². The zero-order valence-corrected chi connectivity index (χ0v) is 14.5. The van der Waals surface area contributed by atoms with Crippen molar-refractivity contribution in [3.63, 3.8) is 0 Å². The Balaban J connectivity index is 1.76. The van der Waals surface area contributed by atoms with E-state index in [2.05, 4.69) is 25.3 Å². The Labute approximate surface area is 152 Å². The molecule has 0 spiro atoms. The van der Waals surface area contributed by atoms with Crippen LogP contribution in [-0.4, -0.2) is 29.8 Å².